The minimum atomic E-state index is -1.58. The smallest absolute Gasteiger partial charge is 0.194 e. The Bertz CT molecular complexity index is 601. The molecular weight excluding hydrogens is 255 g/mol. The molecule has 0 radical (unpaired) electrons. The highest BCUT2D eigenvalue weighted by Gasteiger charge is 2.21. The van der Waals surface area contributed by atoms with Gasteiger partial charge in [0.1, 0.15) is 6.10 Å². The first-order valence-electron chi connectivity index (χ1n) is 5.80. The standard InChI is InChI=1S/C14H12F3NO/c1-2-8-7-18-6-5-9(8)14(19)10-3-4-11(15)13(17)12(10)16/h3-7,14,19H,2H2,1H3. The first-order chi connectivity index (χ1) is 9.06. The van der Waals surface area contributed by atoms with Gasteiger partial charge in [0, 0.05) is 18.0 Å². The SMILES string of the molecule is CCc1cnccc1C(O)c1ccc(F)c(F)c1F. The quantitative estimate of drug-likeness (QED) is 0.867. The second kappa shape index (κ2) is 5.40. The summed E-state index contributed by atoms with van der Waals surface area (Å²) < 4.78 is 39.7. The van der Waals surface area contributed by atoms with E-state index in [4.69, 9.17) is 0 Å². The fourth-order valence-electron chi connectivity index (χ4n) is 1.92. The van der Waals surface area contributed by atoms with Gasteiger partial charge in [0.25, 0.3) is 0 Å². The number of rotatable bonds is 3. The lowest BCUT2D eigenvalue weighted by Gasteiger charge is -2.15. The molecule has 19 heavy (non-hydrogen) atoms. The van der Waals surface area contributed by atoms with Crippen molar-refractivity contribution >= 4 is 0 Å². The summed E-state index contributed by atoms with van der Waals surface area (Å²) in [4.78, 5) is 3.91. The summed E-state index contributed by atoms with van der Waals surface area (Å²) in [6, 6.07) is 3.37. The average molecular weight is 267 g/mol. The summed E-state index contributed by atoms with van der Waals surface area (Å²) in [5, 5.41) is 10.1. The van der Waals surface area contributed by atoms with Gasteiger partial charge >= 0.3 is 0 Å². The zero-order valence-electron chi connectivity index (χ0n) is 10.2. The zero-order valence-corrected chi connectivity index (χ0v) is 10.2. The Hall–Kier alpha value is -1.88. The largest absolute Gasteiger partial charge is 0.384 e. The van der Waals surface area contributed by atoms with Crippen molar-refractivity contribution in [2.24, 2.45) is 0 Å². The molecule has 0 amide bonds. The van der Waals surface area contributed by atoms with E-state index in [0.717, 1.165) is 17.7 Å². The summed E-state index contributed by atoms with van der Waals surface area (Å²) in [5.74, 6) is -4.23. The molecule has 1 N–H and O–H groups in total. The maximum absolute atomic E-state index is 13.6. The van der Waals surface area contributed by atoms with Crippen LogP contribution in [0.2, 0.25) is 0 Å². The normalized spacial score (nSPS) is 12.5. The van der Waals surface area contributed by atoms with Crippen molar-refractivity contribution in [2.45, 2.75) is 19.4 Å². The number of hydrogen-bond acceptors (Lipinski definition) is 2. The number of benzene rings is 1. The Morgan fingerprint density at radius 2 is 1.84 bits per heavy atom. The third-order valence-electron chi connectivity index (χ3n) is 2.98. The summed E-state index contributed by atoms with van der Waals surface area (Å²) >= 11 is 0. The van der Waals surface area contributed by atoms with Gasteiger partial charge in [0.05, 0.1) is 0 Å². The molecule has 2 nitrogen and oxygen atoms in total. The average Bonchev–Trinajstić information content (AvgIpc) is 2.44. The van der Waals surface area contributed by atoms with Crippen molar-refractivity contribution in [3.8, 4) is 0 Å². The van der Waals surface area contributed by atoms with Crippen LogP contribution >= 0.6 is 0 Å². The first-order valence-corrected chi connectivity index (χ1v) is 5.80. The van der Waals surface area contributed by atoms with E-state index in [1.54, 1.807) is 6.20 Å². The van der Waals surface area contributed by atoms with Crippen LogP contribution in [0.25, 0.3) is 0 Å². The maximum Gasteiger partial charge on any atom is 0.194 e. The van der Waals surface area contributed by atoms with E-state index >= 15 is 0 Å². The van der Waals surface area contributed by atoms with E-state index in [1.807, 2.05) is 6.92 Å². The summed E-state index contributed by atoms with van der Waals surface area (Å²) in [6.45, 7) is 1.86. The molecule has 1 atom stereocenters. The Balaban J connectivity index is 2.50. The lowest BCUT2D eigenvalue weighted by Crippen LogP contribution is -2.08. The van der Waals surface area contributed by atoms with E-state index in [1.165, 1.54) is 12.3 Å². The van der Waals surface area contributed by atoms with E-state index in [-0.39, 0.29) is 5.56 Å². The Kier molecular flexibility index (Phi) is 3.85. The van der Waals surface area contributed by atoms with E-state index in [2.05, 4.69) is 4.98 Å². The second-order valence-corrected chi connectivity index (χ2v) is 4.10. The molecule has 0 saturated carbocycles. The number of aliphatic hydroxyl groups excluding tert-OH is 1. The lowest BCUT2D eigenvalue weighted by molar-refractivity contribution is 0.211. The van der Waals surface area contributed by atoms with Crippen LogP contribution in [0.5, 0.6) is 0 Å². The van der Waals surface area contributed by atoms with Crippen LogP contribution < -0.4 is 0 Å². The molecule has 0 fully saturated rings. The van der Waals surface area contributed by atoms with Crippen LogP contribution in [0, 0.1) is 17.5 Å². The van der Waals surface area contributed by atoms with Crippen LogP contribution in [0.3, 0.4) is 0 Å². The van der Waals surface area contributed by atoms with Gasteiger partial charge in [-0.05, 0) is 29.7 Å². The molecule has 0 saturated heterocycles. The summed E-state index contributed by atoms with van der Waals surface area (Å²) in [7, 11) is 0. The Morgan fingerprint density at radius 1 is 1.11 bits per heavy atom. The molecule has 1 aromatic carbocycles. The van der Waals surface area contributed by atoms with Crippen LogP contribution in [0.4, 0.5) is 13.2 Å². The minimum absolute atomic E-state index is 0.292. The van der Waals surface area contributed by atoms with Crippen molar-refractivity contribution in [3.05, 3.63) is 64.7 Å². The van der Waals surface area contributed by atoms with Gasteiger partial charge in [-0.1, -0.05) is 13.0 Å². The van der Waals surface area contributed by atoms with Gasteiger partial charge in [0.15, 0.2) is 17.5 Å². The van der Waals surface area contributed by atoms with Gasteiger partial charge in [-0.2, -0.15) is 0 Å². The fraction of sp³-hybridized carbons (Fsp3) is 0.214. The number of nitrogens with zero attached hydrogens (tertiary/aromatic N) is 1. The molecule has 0 bridgehead atoms. The summed E-state index contributed by atoms with van der Waals surface area (Å²) in [6.07, 6.45) is 2.24. The monoisotopic (exact) mass is 267 g/mol. The molecule has 0 aliphatic rings. The Morgan fingerprint density at radius 3 is 2.53 bits per heavy atom. The van der Waals surface area contributed by atoms with E-state index in [9.17, 15) is 18.3 Å². The third kappa shape index (κ3) is 2.46. The van der Waals surface area contributed by atoms with Crippen molar-refractivity contribution < 1.29 is 18.3 Å². The lowest BCUT2D eigenvalue weighted by atomic mass is 9.97. The molecule has 100 valence electrons. The van der Waals surface area contributed by atoms with E-state index in [0.29, 0.717) is 12.0 Å². The Labute approximate surface area is 108 Å². The van der Waals surface area contributed by atoms with E-state index < -0.39 is 23.6 Å². The van der Waals surface area contributed by atoms with Crippen LogP contribution in [0.1, 0.15) is 29.7 Å². The third-order valence-corrected chi connectivity index (χ3v) is 2.98. The molecular formula is C14H12F3NO. The van der Waals surface area contributed by atoms with Crippen molar-refractivity contribution in [1.82, 2.24) is 4.98 Å². The molecule has 2 aromatic rings. The molecule has 0 aliphatic heterocycles. The number of halogens is 3. The van der Waals surface area contributed by atoms with Crippen LogP contribution in [0.15, 0.2) is 30.6 Å². The van der Waals surface area contributed by atoms with Gasteiger partial charge in [0.2, 0.25) is 0 Å². The van der Waals surface area contributed by atoms with Gasteiger partial charge < -0.3 is 5.11 Å². The number of aromatic nitrogens is 1. The van der Waals surface area contributed by atoms with Crippen LogP contribution in [-0.4, -0.2) is 10.1 Å². The van der Waals surface area contributed by atoms with Gasteiger partial charge in [-0.3, -0.25) is 4.98 Å². The molecule has 1 heterocycles. The van der Waals surface area contributed by atoms with Crippen molar-refractivity contribution in [1.29, 1.82) is 0 Å². The number of hydrogen-bond donors (Lipinski definition) is 1. The predicted octanol–water partition coefficient (Wildman–Crippen LogP) is 3.14. The number of pyridine rings is 1. The molecule has 5 heteroatoms. The molecule has 1 unspecified atom stereocenters. The molecule has 1 aromatic heterocycles. The predicted molar refractivity (Wildman–Crippen MR) is 64.0 cm³/mol. The number of aliphatic hydroxyl groups is 1. The first kappa shape index (κ1) is 13.5. The maximum atomic E-state index is 13.6. The topological polar surface area (TPSA) is 33.1 Å². The van der Waals surface area contributed by atoms with Crippen molar-refractivity contribution in [2.75, 3.05) is 0 Å². The van der Waals surface area contributed by atoms with Gasteiger partial charge in [-0.25, -0.2) is 13.2 Å². The number of aryl methyl sites for hydroxylation is 1. The van der Waals surface area contributed by atoms with Crippen LogP contribution in [-0.2, 0) is 6.42 Å². The summed E-state index contributed by atoms with van der Waals surface area (Å²) in [5.41, 5.74) is 0.862. The molecule has 0 spiro atoms. The minimum Gasteiger partial charge on any atom is -0.384 e. The highest BCUT2D eigenvalue weighted by Crippen LogP contribution is 2.28. The highest BCUT2D eigenvalue weighted by molar-refractivity contribution is 5.35. The zero-order chi connectivity index (χ0) is 14.0. The highest BCUT2D eigenvalue weighted by atomic mass is 19.2. The van der Waals surface area contributed by atoms with Gasteiger partial charge in [-0.15, -0.1) is 0 Å². The second-order valence-electron chi connectivity index (χ2n) is 4.10. The van der Waals surface area contributed by atoms with Crippen molar-refractivity contribution in [3.63, 3.8) is 0 Å². The molecule has 2 rings (SSSR count). The molecule has 0 aliphatic carbocycles. The fourth-order valence-corrected chi connectivity index (χ4v) is 1.92.